The van der Waals surface area contributed by atoms with Crippen LogP contribution in [-0.4, -0.2) is 26.0 Å². The third-order valence-corrected chi connectivity index (χ3v) is 11.6. The van der Waals surface area contributed by atoms with Gasteiger partial charge in [0.05, 0.1) is 0 Å². The molecular formula is C26H31ClN2OSi. The predicted octanol–water partition coefficient (Wildman–Crippen LogP) is 5.10. The van der Waals surface area contributed by atoms with E-state index in [0.29, 0.717) is 5.15 Å². The summed E-state index contributed by atoms with van der Waals surface area (Å²) in [5.74, 6) is 0. The zero-order valence-electron chi connectivity index (χ0n) is 18.5. The number of halogens is 1. The summed E-state index contributed by atoms with van der Waals surface area (Å²) in [4.78, 5) is 4.28. The lowest BCUT2D eigenvalue weighted by Gasteiger charge is -2.46. The molecule has 1 N–H and O–H groups in total. The number of hydrogen-bond donors (Lipinski definition) is 1. The van der Waals surface area contributed by atoms with E-state index in [1.165, 1.54) is 15.9 Å². The number of benzene rings is 2. The van der Waals surface area contributed by atoms with Gasteiger partial charge in [0.1, 0.15) is 5.15 Å². The van der Waals surface area contributed by atoms with Gasteiger partial charge in [0.25, 0.3) is 8.32 Å². The first-order valence-corrected chi connectivity index (χ1v) is 13.3. The van der Waals surface area contributed by atoms with Crippen molar-refractivity contribution >= 4 is 30.3 Å². The van der Waals surface area contributed by atoms with E-state index >= 15 is 0 Å². The van der Waals surface area contributed by atoms with Gasteiger partial charge in [-0.2, -0.15) is 0 Å². The van der Waals surface area contributed by atoms with Gasteiger partial charge in [0.15, 0.2) is 0 Å². The van der Waals surface area contributed by atoms with Gasteiger partial charge >= 0.3 is 0 Å². The molecule has 1 aromatic heterocycles. The van der Waals surface area contributed by atoms with E-state index in [0.717, 1.165) is 19.4 Å². The zero-order chi connectivity index (χ0) is 21.9. The Morgan fingerprint density at radius 3 is 2.06 bits per heavy atom. The monoisotopic (exact) mass is 450 g/mol. The highest BCUT2D eigenvalue weighted by Gasteiger charge is 2.51. The highest BCUT2D eigenvalue weighted by molar-refractivity contribution is 6.99. The molecule has 0 bridgehead atoms. The summed E-state index contributed by atoms with van der Waals surface area (Å²) < 4.78 is 7.34. The maximum atomic E-state index is 7.34. The fraction of sp³-hybridized carbons (Fsp3) is 0.346. The molecule has 3 aromatic rings. The van der Waals surface area contributed by atoms with Crippen LogP contribution < -0.4 is 15.7 Å². The van der Waals surface area contributed by atoms with Gasteiger partial charge in [0, 0.05) is 18.3 Å². The minimum atomic E-state index is -2.54. The Kier molecular flexibility index (Phi) is 6.63. The second kappa shape index (κ2) is 9.25. The number of nitrogens with one attached hydrogen (secondary N) is 1. The van der Waals surface area contributed by atoms with Crippen LogP contribution in [0.5, 0.6) is 0 Å². The number of aromatic nitrogens is 1. The second-order valence-corrected chi connectivity index (χ2v) is 14.0. The average Bonchev–Trinajstić information content (AvgIpc) is 2.78. The fourth-order valence-corrected chi connectivity index (χ4v) is 9.62. The van der Waals surface area contributed by atoms with Crippen LogP contribution in [0.15, 0.2) is 79.0 Å². The van der Waals surface area contributed by atoms with Gasteiger partial charge in [-0.25, -0.2) is 4.98 Å². The van der Waals surface area contributed by atoms with Crippen molar-refractivity contribution in [2.45, 2.75) is 50.8 Å². The first-order chi connectivity index (χ1) is 14.9. The molecule has 1 aliphatic rings. The van der Waals surface area contributed by atoms with Crippen molar-refractivity contribution in [2.75, 3.05) is 6.54 Å². The highest BCUT2D eigenvalue weighted by atomic mass is 35.5. The number of hydrogen-bond acceptors (Lipinski definition) is 3. The molecule has 0 unspecified atom stereocenters. The second-order valence-electron chi connectivity index (χ2n) is 9.35. The quantitative estimate of drug-likeness (QED) is 0.433. The van der Waals surface area contributed by atoms with E-state index in [4.69, 9.17) is 16.0 Å². The van der Waals surface area contributed by atoms with E-state index in [1.54, 1.807) is 0 Å². The summed E-state index contributed by atoms with van der Waals surface area (Å²) in [6, 6.07) is 25.9. The maximum absolute atomic E-state index is 7.34. The molecule has 2 heterocycles. The molecule has 3 nitrogen and oxygen atoms in total. The van der Waals surface area contributed by atoms with E-state index in [1.807, 2.05) is 12.3 Å². The van der Waals surface area contributed by atoms with Gasteiger partial charge in [0.2, 0.25) is 0 Å². The summed E-state index contributed by atoms with van der Waals surface area (Å²) in [6.07, 6.45) is 3.98. The highest BCUT2D eigenvalue weighted by Crippen LogP contribution is 2.39. The van der Waals surface area contributed by atoms with Gasteiger partial charge in [-0.05, 0) is 46.4 Å². The molecule has 0 aliphatic carbocycles. The van der Waals surface area contributed by atoms with Crippen molar-refractivity contribution in [3.05, 3.63) is 89.7 Å². The lowest BCUT2D eigenvalue weighted by Crippen LogP contribution is -2.68. The number of piperidine rings is 1. The molecule has 5 heteroatoms. The van der Waals surface area contributed by atoms with Crippen molar-refractivity contribution in [3.63, 3.8) is 0 Å². The number of rotatable bonds is 5. The van der Waals surface area contributed by atoms with Crippen molar-refractivity contribution in [1.82, 2.24) is 10.3 Å². The van der Waals surface area contributed by atoms with Crippen LogP contribution in [0.4, 0.5) is 0 Å². The van der Waals surface area contributed by atoms with E-state index in [-0.39, 0.29) is 17.2 Å². The lowest BCUT2D eigenvalue weighted by molar-refractivity contribution is 0.129. The minimum absolute atomic E-state index is 0.0160. The van der Waals surface area contributed by atoms with Crippen LogP contribution in [0.3, 0.4) is 0 Å². The van der Waals surface area contributed by atoms with Crippen LogP contribution in [0.1, 0.15) is 45.2 Å². The van der Waals surface area contributed by atoms with Crippen LogP contribution in [0, 0.1) is 0 Å². The topological polar surface area (TPSA) is 34.1 Å². The average molecular weight is 451 g/mol. The van der Waals surface area contributed by atoms with E-state index in [2.05, 4.69) is 97.8 Å². The molecule has 31 heavy (non-hydrogen) atoms. The van der Waals surface area contributed by atoms with Crippen LogP contribution in [0.2, 0.25) is 10.2 Å². The Bertz CT molecular complexity index is 934. The maximum Gasteiger partial charge on any atom is 0.261 e. The van der Waals surface area contributed by atoms with Crippen molar-refractivity contribution in [2.24, 2.45) is 0 Å². The van der Waals surface area contributed by atoms with Gasteiger partial charge in [-0.1, -0.05) is 99.1 Å². The summed E-state index contributed by atoms with van der Waals surface area (Å²) in [7, 11) is -2.54. The lowest BCUT2D eigenvalue weighted by atomic mass is 9.97. The molecule has 4 rings (SSSR count). The predicted molar refractivity (Wildman–Crippen MR) is 132 cm³/mol. The minimum Gasteiger partial charge on any atom is -0.404 e. The van der Waals surface area contributed by atoms with Crippen molar-refractivity contribution in [1.29, 1.82) is 0 Å². The molecule has 1 fully saturated rings. The Labute approximate surface area is 192 Å². The largest absolute Gasteiger partial charge is 0.404 e. The number of pyridine rings is 1. The Morgan fingerprint density at radius 1 is 0.935 bits per heavy atom. The van der Waals surface area contributed by atoms with Crippen molar-refractivity contribution in [3.8, 4) is 0 Å². The summed E-state index contributed by atoms with van der Waals surface area (Å²) in [5.41, 5.74) is 1.17. The Morgan fingerprint density at radius 2 is 1.55 bits per heavy atom. The van der Waals surface area contributed by atoms with Crippen LogP contribution >= 0.6 is 11.6 Å². The van der Waals surface area contributed by atoms with Gasteiger partial charge in [-0.15, -0.1) is 0 Å². The molecule has 0 amide bonds. The van der Waals surface area contributed by atoms with E-state index in [9.17, 15) is 0 Å². The molecule has 0 radical (unpaired) electrons. The summed E-state index contributed by atoms with van der Waals surface area (Å²) >= 11 is 6.00. The van der Waals surface area contributed by atoms with Crippen LogP contribution in [0.25, 0.3) is 0 Å². The van der Waals surface area contributed by atoms with Crippen LogP contribution in [-0.2, 0) is 4.43 Å². The summed E-state index contributed by atoms with van der Waals surface area (Å²) in [6.45, 7) is 7.93. The Balaban J connectivity index is 1.72. The standard InChI is InChI=1S/C26H31ClN2OSi/c1-26(2,3)31(22-10-6-4-7-11-22,23-12-8-5-9-13-23)30-21-16-17-28-24(18-21)20-14-15-25(27)29-19-20/h4-15,19,21,24,28H,16-18H2,1-3H3/t21-,24+/m1/s1. The SMILES string of the molecule is CC(C)(C)[Si](O[C@@H]1CCN[C@H](c2ccc(Cl)nc2)C1)(c1ccccc1)c1ccccc1. The fourth-order valence-electron chi connectivity index (χ4n) is 4.78. The van der Waals surface area contributed by atoms with Gasteiger partial charge < -0.3 is 9.74 Å². The molecule has 1 saturated heterocycles. The molecule has 162 valence electrons. The smallest absolute Gasteiger partial charge is 0.261 e. The first kappa shape index (κ1) is 22.2. The summed E-state index contributed by atoms with van der Waals surface area (Å²) in [5, 5.41) is 6.81. The number of nitrogens with zero attached hydrogens (tertiary/aromatic N) is 1. The zero-order valence-corrected chi connectivity index (χ0v) is 20.3. The third kappa shape index (κ3) is 4.63. The molecule has 1 aliphatic heterocycles. The molecule has 0 saturated carbocycles. The molecule has 2 atom stereocenters. The van der Waals surface area contributed by atoms with E-state index < -0.39 is 8.32 Å². The third-order valence-electron chi connectivity index (χ3n) is 6.27. The molecule has 0 spiro atoms. The van der Waals surface area contributed by atoms with Gasteiger partial charge in [-0.3, -0.25) is 0 Å². The van der Waals surface area contributed by atoms with Crippen molar-refractivity contribution < 1.29 is 4.43 Å². The molecule has 2 aromatic carbocycles. The Hall–Kier alpha value is -1.98. The first-order valence-electron chi connectivity index (χ1n) is 11.0. The molecular weight excluding hydrogens is 420 g/mol. The normalized spacial score (nSPS) is 19.9.